The number of benzene rings is 1. The molecule has 4 nitrogen and oxygen atoms in total. The third kappa shape index (κ3) is 3.82. The predicted octanol–water partition coefficient (Wildman–Crippen LogP) is 2.28. The molecule has 1 fully saturated rings. The molecule has 1 aromatic carbocycles. The van der Waals surface area contributed by atoms with E-state index in [1.165, 1.54) is 0 Å². The van der Waals surface area contributed by atoms with E-state index in [0.29, 0.717) is 12.5 Å². The van der Waals surface area contributed by atoms with Crippen molar-refractivity contribution < 1.29 is 4.79 Å². The van der Waals surface area contributed by atoms with E-state index in [1.54, 1.807) is 0 Å². The second-order valence-electron chi connectivity index (χ2n) is 5.44. The molecule has 1 unspecified atom stereocenters. The summed E-state index contributed by atoms with van der Waals surface area (Å²) in [4.78, 5) is 11.2. The average Bonchev–Trinajstić information content (AvgIpc) is 2.48. The predicted molar refractivity (Wildman–Crippen MR) is 77.5 cm³/mol. The van der Waals surface area contributed by atoms with Crippen LogP contribution in [0.5, 0.6) is 0 Å². The second-order valence-corrected chi connectivity index (χ2v) is 5.44. The molecule has 3 N–H and O–H groups in total. The summed E-state index contributed by atoms with van der Waals surface area (Å²) in [5.41, 5.74) is 6.49. The third-order valence-electron chi connectivity index (χ3n) is 4.06. The highest BCUT2D eigenvalue weighted by Gasteiger charge is 2.26. The Bertz CT molecular complexity index is 472. The molecule has 0 saturated heterocycles. The lowest BCUT2D eigenvalue weighted by molar-refractivity contribution is -0.122. The summed E-state index contributed by atoms with van der Waals surface area (Å²) in [7, 11) is 0. The molecule has 1 atom stereocenters. The van der Waals surface area contributed by atoms with Gasteiger partial charge in [0.15, 0.2) is 0 Å². The number of nitrogens with two attached hydrogens (primary N) is 1. The smallest absolute Gasteiger partial charge is 0.220 e. The van der Waals surface area contributed by atoms with Gasteiger partial charge in [0.05, 0.1) is 12.5 Å². The number of hydrogen-bond donors (Lipinski definition) is 2. The average molecular weight is 271 g/mol. The monoisotopic (exact) mass is 271 g/mol. The van der Waals surface area contributed by atoms with Crippen LogP contribution in [0.15, 0.2) is 30.3 Å². The molecule has 0 spiro atoms. The van der Waals surface area contributed by atoms with Crippen molar-refractivity contribution in [2.45, 2.75) is 44.2 Å². The van der Waals surface area contributed by atoms with E-state index in [-0.39, 0.29) is 17.9 Å². The summed E-state index contributed by atoms with van der Waals surface area (Å²) in [6.07, 6.45) is 4.05. The largest absolute Gasteiger partial charge is 0.369 e. The maximum absolute atomic E-state index is 11.2. The van der Waals surface area contributed by atoms with Crippen molar-refractivity contribution in [1.29, 1.82) is 5.26 Å². The third-order valence-corrected chi connectivity index (χ3v) is 4.06. The second kappa shape index (κ2) is 7.06. The number of nitrogens with zero attached hydrogens (tertiary/aromatic N) is 1. The molecule has 106 valence electrons. The number of carbonyl (C=O) groups excluding carboxylic acids is 1. The highest BCUT2D eigenvalue weighted by atomic mass is 16.1. The van der Waals surface area contributed by atoms with Gasteiger partial charge in [0.25, 0.3) is 0 Å². The first-order valence-electron chi connectivity index (χ1n) is 7.18. The van der Waals surface area contributed by atoms with Gasteiger partial charge >= 0.3 is 0 Å². The number of amides is 1. The lowest BCUT2D eigenvalue weighted by Gasteiger charge is -2.30. The lowest BCUT2D eigenvalue weighted by atomic mass is 9.85. The van der Waals surface area contributed by atoms with Gasteiger partial charge in [-0.2, -0.15) is 5.26 Å². The summed E-state index contributed by atoms with van der Waals surface area (Å²) in [6, 6.07) is 12.7. The molecule has 0 bridgehead atoms. The SMILES string of the molecule is N#CCC(NC1CCC(C(N)=O)CC1)c1ccccc1. The van der Waals surface area contributed by atoms with Gasteiger partial charge in [-0.15, -0.1) is 0 Å². The van der Waals surface area contributed by atoms with Crippen LogP contribution in [0.3, 0.4) is 0 Å². The number of rotatable bonds is 5. The van der Waals surface area contributed by atoms with E-state index in [4.69, 9.17) is 11.0 Å². The van der Waals surface area contributed by atoms with Gasteiger partial charge in [0.1, 0.15) is 0 Å². The number of hydrogen-bond acceptors (Lipinski definition) is 3. The van der Waals surface area contributed by atoms with Crippen LogP contribution < -0.4 is 11.1 Å². The molecule has 0 aromatic heterocycles. The molecule has 1 aromatic rings. The quantitative estimate of drug-likeness (QED) is 0.862. The summed E-state index contributed by atoms with van der Waals surface area (Å²) >= 11 is 0. The molecule has 0 radical (unpaired) electrons. The van der Waals surface area contributed by atoms with Gasteiger partial charge in [-0.1, -0.05) is 30.3 Å². The van der Waals surface area contributed by atoms with Crippen LogP contribution in [-0.4, -0.2) is 11.9 Å². The van der Waals surface area contributed by atoms with Crippen LogP contribution in [0.2, 0.25) is 0 Å². The van der Waals surface area contributed by atoms with E-state index in [1.807, 2.05) is 30.3 Å². The zero-order valence-electron chi connectivity index (χ0n) is 11.6. The van der Waals surface area contributed by atoms with E-state index in [0.717, 1.165) is 31.2 Å². The minimum atomic E-state index is -0.180. The van der Waals surface area contributed by atoms with Crippen LogP contribution >= 0.6 is 0 Å². The normalized spacial score (nSPS) is 23.8. The highest BCUT2D eigenvalue weighted by Crippen LogP contribution is 2.26. The molecular weight excluding hydrogens is 250 g/mol. The van der Waals surface area contributed by atoms with Gasteiger partial charge in [-0.25, -0.2) is 0 Å². The van der Waals surface area contributed by atoms with Crippen molar-refractivity contribution in [2.24, 2.45) is 11.7 Å². The van der Waals surface area contributed by atoms with E-state index in [2.05, 4.69) is 11.4 Å². The fourth-order valence-electron chi connectivity index (χ4n) is 2.88. The van der Waals surface area contributed by atoms with Gasteiger partial charge < -0.3 is 11.1 Å². The first-order chi connectivity index (χ1) is 9.70. The lowest BCUT2D eigenvalue weighted by Crippen LogP contribution is -2.38. The molecule has 20 heavy (non-hydrogen) atoms. The Morgan fingerprint density at radius 3 is 2.50 bits per heavy atom. The van der Waals surface area contributed by atoms with E-state index < -0.39 is 0 Å². The van der Waals surface area contributed by atoms with E-state index >= 15 is 0 Å². The van der Waals surface area contributed by atoms with Gasteiger partial charge in [0.2, 0.25) is 5.91 Å². The van der Waals surface area contributed by atoms with Crippen molar-refractivity contribution in [3.05, 3.63) is 35.9 Å². The molecule has 1 aliphatic carbocycles. The maximum Gasteiger partial charge on any atom is 0.220 e. The Balaban J connectivity index is 1.93. The van der Waals surface area contributed by atoms with Crippen molar-refractivity contribution in [2.75, 3.05) is 0 Å². The fourth-order valence-corrected chi connectivity index (χ4v) is 2.88. The zero-order valence-corrected chi connectivity index (χ0v) is 11.6. The van der Waals surface area contributed by atoms with Gasteiger partial charge in [-0.3, -0.25) is 4.79 Å². The van der Waals surface area contributed by atoms with Crippen LogP contribution in [0.25, 0.3) is 0 Å². The Morgan fingerprint density at radius 1 is 1.30 bits per heavy atom. The summed E-state index contributed by atoms with van der Waals surface area (Å²) in [5.74, 6) is -0.153. The minimum absolute atomic E-state index is 0.0270. The van der Waals surface area contributed by atoms with Gasteiger partial charge in [-0.05, 0) is 31.2 Å². The van der Waals surface area contributed by atoms with Crippen LogP contribution in [-0.2, 0) is 4.79 Å². The minimum Gasteiger partial charge on any atom is -0.369 e. The van der Waals surface area contributed by atoms with Crippen molar-refractivity contribution in [3.63, 3.8) is 0 Å². The molecule has 1 aliphatic rings. The van der Waals surface area contributed by atoms with Crippen molar-refractivity contribution >= 4 is 5.91 Å². The Labute approximate surface area is 120 Å². The molecule has 1 saturated carbocycles. The number of nitrogens with one attached hydrogen (secondary N) is 1. The first kappa shape index (κ1) is 14.5. The number of primary amides is 1. The van der Waals surface area contributed by atoms with Crippen molar-refractivity contribution in [3.8, 4) is 6.07 Å². The van der Waals surface area contributed by atoms with Crippen LogP contribution in [0, 0.1) is 17.2 Å². The Hall–Kier alpha value is -1.86. The Morgan fingerprint density at radius 2 is 1.95 bits per heavy atom. The summed E-state index contributed by atoms with van der Waals surface area (Å²) < 4.78 is 0. The maximum atomic E-state index is 11.2. The van der Waals surface area contributed by atoms with Crippen molar-refractivity contribution in [1.82, 2.24) is 5.32 Å². The summed E-state index contributed by atoms with van der Waals surface area (Å²) in [5, 5.41) is 12.5. The molecule has 1 amide bonds. The fraction of sp³-hybridized carbons (Fsp3) is 0.500. The van der Waals surface area contributed by atoms with E-state index in [9.17, 15) is 4.79 Å². The first-order valence-corrected chi connectivity index (χ1v) is 7.18. The summed E-state index contributed by atoms with van der Waals surface area (Å²) in [6.45, 7) is 0. The highest BCUT2D eigenvalue weighted by molar-refractivity contribution is 5.76. The molecular formula is C16H21N3O. The Kier molecular flexibility index (Phi) is 5.14. The van der Waals surface area contributed by atoms with Crippen LogP contribution in [0.4, 0.5) is 0 Å². The zero-order chi connectivity index (χ0) is 14.4. The van der Waals surface area contributed by atoms with Crippen LogP contribution in [0.1, 0.15) is 43.7 Å². The molecule has 2 rings (SSSR count). The molecule has 4 heteroatoms. The number of nitriles is 1. The number of carbonyl (C=O) groups is 1. The topological polar surface area (TPSA) is 78.9 Å². The standard InChI is InChI=1S/C16H21N3O/c17-11-10-15(12-4-2-1-3-5-12)19-14-8-6-13(7-9-14)16(18)20/h1-5,13-15,19H,6-10H2,(H2,18,20). The van der Waals surface area contributed by atoms with Gasteiger partial charge in [0, 0.05) is 18.0 Å². The molecule has 0 heterocycles. The molecule has 0 aliphatic heterocycles.